The summed E-state index contributed by atoms with van der Waals surface area (Å²) in [5.41, 5.74) is 0. The van der Waals surface area contributed by atoms with Gasteiger partial charge >= 0.3 is 0 Å². The van der Waals surface area contributed by atoms with E-state index >= 15 is 0 Å². The number of hydrogen-bond donors (Lipinski definition) is 1. The standard InChI is InChI=1S/C11H22O/c1-9(2)7-8-11(12)10-5-3-4-6-10/h9-12H,3-8H2,1-2H3. The average Bonchev–Trinajstić information content (AvgIpc) is 2.51. The summed E-state index contributed by atoms with van der Waals surface area (Å²) in [4.78, 5) is 0. The molecule has 1 N–H and O–H groups in total. The normalized spacial score (nSPS) is 22.0. The van der Waals surface area contributed by atoms with Crippen molar-refractivity contribution >= 4 is 0 Å². The van der Waals surface area contributed by atoms with Crippen molar-refractivity contribution in [3.05, 3.63) is 0 Å². The summed E-state index contributed by atoms with van der Waals surface area (Å²) in [5, 5.41) is 9.80. The second-order valence-electron chi connectivity index (χ2n) is 4.58. The highest BCUT2D eigenvalue weighted by molar-refractivity contribution is 4.74. The zero-order valence-electron chi connectivity index (χ0n) is 8.42. The van der Waals surface area contributed by atoms with Crippen molar-refractivity contribution in [2.75, 3.05) is 0 Å². The van der Waals surface area contributed by atoms with Crippen molar-refractivity contribution in [1.29, 1.82) is 0 Å². The Morgan fingerprint density at radius 2 is 1.75 bits per heavy atom. The minimum atomic E-state index is -0.00472. The molecule has 0 aromatic rings. The molecule has 1 aliphatic rings. The van der Waals surface area contributed by atoms with Gasteiger partial charge in [-0.3, -0.25) is 0 Å². The number of hydrogen-bond acceptors (Lipinski definition) is 1. The summed E-state index contributed by atoms with van der Waals surface area (Å²) in [6.45, 7) is 4.45. The van der Waals surface area contributed by atoms with Gasteiger partial charge in [-0.25, -0.2) is 0 Å². The lowest BCUT2D eigenvalue weighted by Crippen LogP contribution is -2.17. The van der Waals surface area contributed by atoms with E-state index in [4.69, 9.17) is 0 Å². The van der Waals surface area contributed by atoms with Gasteiger partial charge in [0.25, 0.3) is 0 Å². The Kier molecular flexibility index (Phi) is 4.07. The number of aliphatic hydroxyl groups excluding tert-OH is 1. The van der Waals surface area contributed by atoms with Crippen molar-refractivity contribution in [2.45, 2.75) is 58.5 Å². The van der Waals surface area contributed by atoms with Gasteiger partial charge in [0.2, 0.25) is 0 Å². The molecule has 1 nitrogen and oxygen atoms in total. The molecule has 1 rings (SSSR count). The van der Waals surface area contributed by atoms with Crippen molar-refractivity contribution < 1.29 is 5.11 Å². The lowest BCUT2D eigenvalue weighted by Gasteiger charge is -2.18. The van der Waals surface area contributed by atoms with E-state index in [1.807, 2.05) is 0 Å². The van der Waals surface area contributed by atoms with E-state index in [2.05, 4.69) is 13.8 Å². The van der Waals surface area contributed by atoms with Crippen molar-refractivity contribution in [1.82, 2.24) is 0 Å². The van der Waals surface area contributed by atoms with Crippen LogP contribution < -0.4 is 0 Å². The topological polar surface area (TPSA) is 20.2 Å². The van der Waals surface area contributed by atoms with E-state index in [-0.39, 0.29) is 6.10 Å². The van der Waals surface area contributed by atoms with Gasteiger partial charge in [0.1, 0.15) is 0 Å². The monoisotopic (exact) mass is 170 g/mol. The first-order chi connectivity index (χ1) is 5.70. The minimum absolute atomic E-state index is 0.00472. The fourth-order valence-corrected chi connectivity index (χ4v) is 2.08. The van der Waals surface area contributed by atoms with Crippen LogP contribution in [0.5, 0.6) is 0 Å². The summed E-state index contributed by atoms with van der Waals surface area (Å²) >= 11 is 0. The Bertz CT molecular complexity index is 114. The maximum absolute atomic E-state index is 9.80. The van der Waals surface area contributed by atoms with Crippen LogP contribution in [-0.2, 0) is 0 Å². The second kappa shape index (κ2) is 4.86. The SMILES string of the molecule is CC(C)CCC(O)C1CCCC1. The molecule has 0 aliphatic heterocycles. The second-order valence-corrected chi connectivity index (χ2v) is 4.58. The maximum Gasteiger partial charge on any atom is 0.0568 e. The highest BCUT2D eigenvalue weighted by Gasteiger charge is 2.22. The van der Waals surface area contributed by atoms with Crippen LogP contribution in [-0.4, -0.2) is 11.2 Å². The molecule has 1 atom stereocenters. The van der Waals surface area contributed by atoms with Crippen molar-refractivity contribution in [2.24, 2.45) is 11.8 Å². The first-order valence-electron chi connectivity index (χ1n) is 5.38. The first kappa shape index (κ1) is 10.0. The molecule has 1 fully saturated rings. The number of rotatable bonds is 4. The molecule has 0 amide bonds. The van der Waals surface area contributed by atoms with Crippen molar-refractivity contribution in [3.8, 4) is 0 Å². The lowest BCUT2D eigenvalue weighted by atomic mass is 9.94. The Morgan fingerprint density at radius 1 is 1.17 bits per heavy atom. The summed E-state index contributed by atoms with van der Waals surface area (Å²) in [5.74, 6) is 1.37. The third-order valence-corrected chi connectivity index (χ3v) is 2.98. The third-order valence-electron chi connectivity index (χ3n) is 2.98. The van der Waals surface area contributed by atoms with Crippen LogP contribution in [0.4, 0.5) is 0 Å². The summed E-state index contributed by atoms with van der Waals surface area (Å²) < 4.78 is 0. The highest BCUT2D eigenvalue weighted by atomic mass is 16.3. The molecule has 0 bridgehead atoms. The van der Waals surface area contributed by atoms with E-state index in [0.29, 0.717) is 5.92 Å². The van der Waals surface area contributed by atoms with Gasteiger partial charge in [-0.05, 0) is 37.5 Å². The van der Waals surface area contributed by atoms with E-state index in [1.54, 1.807) is 0 Å². The maximum atomic E-state index is 9.80. The van der Waals surface area contributed by atoms with Gasteiger partial charge in [-0.2, -0.15) is 0 Å². The Labute approximate surface area is 76.2 Å². The minimum Gasteiger partial charge on any atom is -0.393 e. The zero-order chi connectivity index (χ0) is 8.97. The molecule has 1 aliphatic carbocycles. The Hall–Kier alpha value is -0.0400. The molecule has 0 spiro atoms. The van der Waals surface area contributed by atoms with Crippen LogP contribution >= 0.6 is 0 Å². The van der Waals surface area contributed by atoms with Gasteiger partial charge in [-0.15, -0.1) is 0 Å². The highest BCUT2D eigenvalue weighted by Crippen LogP contribution is 2.29. The predicted octanol–water partition coefficient (Wildman–Crippen LogP) is 2.97. The molecule has 0 radical (unpaired) electrons. The molecule has 1 unspecified atom stereocenters. The molecule has 0 aromatic carbocycles. The molecule has 1 saturated carbocycles. The fourth-order valence-electron chi connectivity index (χ4n) is 2.08. The smallest absolute Gasteiger partial charge is 0.0568 e. The van der Waals surface area contributed by atoms with Crippen LogP contribution in [0, 0.1) is 11.8 Å². The van der Waals surface area contributed by atoms with Gasteiger partial charge in [0, 0.05) is 0 Å². The molecule has 1 heteroatoms. The van der Waals surface area contributed by atoms with E-state index in [1.165, 1.54) is 32.1 Å². The van der Waals surface area contributed by atoms with E-state index in [9.17, 15) is 5.11 Å². The largest absolute Gasteiger partial charge is 0.393 e. The number of aliphatic hydroxyl groups is 1. The summed E-state index contributed by atoms with van der Waals surface area (Å²) in [6.07, 6.45) is 7.39. The van der Waals surface area contributed by atoms with Crippen LogP contribution in [0.15, 0.2) is 0 Å². The summed E-state index contributed by atoms with van der Waals surface area (Å²) in [7, 11) is 0. The van der Waals surface area contributed by atoms with Crippen LogP contribution in [0.2, 0.25) is 0 Å². The summed E-state index contributed by atoms with van der Waals surface area (Å²) in [6, 6.07) is 0. The van der Waals surface area contributed by atoms with Gasteiger partial charge < -0.3 is 5.11 Å². The molecule has 12 heavy (non-hydrogen) atoms. The van der Waals surface area contributed by atoms with Crippen LogP contribution in [0.25, 0.3) is 0 Å². The van der Waals surface area contributed by atoms with Gasteiger partial charge in [-0.1, -0.05) is 26.7 Å². The zero-order valence-corrected chi connectivity index (χ0v) is 8.42. The van der Waals surface area contributed by atoms with Crippen LogP contribution in [0.3, 0.4) is 0 Å². The molecule has 0 saturated heterocycles. The predicted molar refractivity (Wildman–Crippen MR) is 52.0 cm³/mol. The molecule has 72 valence electrons. The van der Waals surface area contributed by atoms with Crippen LogP contribution in [0.1, 0.15) is 52.4 Å². The van der Waals surface area contributed by atoms with E-state index < -0.39 is 0 Å². The average molecular weight is 170 g/mol. The molecule has 0 heterocycles. The Morgan fingerprint density at radius 3 is 2.25 bits per heavy atom. The molecular weight excluding hydrogens is 148 g/mol. The van der Waals surface area contributed by atoms with Gasteiger partial charge in [0.15, 0.2) is 0 Å². The molecule has 0 aromatic heterocycles. The fraction of sp³-hybridized carbons (Fsp3) is 1.00. The lowest BCUT2D eigenvalue weighted by molar-refractivity contribution is 0.0960. The quantitative estimate of drug-likeness (QED) is 0.687. The third kappa shape index (κ3) is 3.14. The van der Waals surface area contributed by atoms with Crippen molar-refractivity contribution in [3.63, 3.8) is 0 Å². The molecular formula is C11H22O. The first-order valence-corrected chi connectivity index (χ1v) is 5.38. The Balaban J connectivity index is 2.13. The van der Waals surface area contributed by atoms with Gasteiger partial charge in [0.05, 0.1) is 6.10 Å². The van der Waals surface area contributed by atoms with E-state index in [0.717, 1.165) is 12.3 Å².